The SMILES string of the molecule is CC(C)Cc1cc(C(=O)N(C)CC2CCCCO2)nc(=O)[nH]1. The Morgan fingerprint density at radius 3 is 2.91 bits per heavy atom. The van der Waals surface area contributed by atoms with Gasteiger partial charge in [0.2, 0.25) is 0 Å². The standard InChI is InChI=1S/C16H25N3O3/c1-11(2)8-12-9-14(18-16(21)17-12)15(20)19(3)10-13-6-4-5-7-22-13/h9,11,13H,4-8,10H2,1-3H3,(H,17,18,21). The number of carbonyl (C=O) groups excluding carboxylic acids is 1. The lowest BCUT2D eigenvalue weighted by atomic mass is 10.1. The highest BCUT2D eigenvalue weighted by molar-refractivity contribution is 5.92. The third kappa shape index (κ3) is 4.66. The Morgan fingerprint density at radius 1 is 1.50 bits per heavy atom. The smallest absolute Gasteiger partial charge is 0.345 e. The summed E-state index contributed by atoms with van der Waals surface area (Å²) in [6.45, 7) is 5.42. The molecule has 0 spiro atoms. The van der Waals surface area contributed by atoms with Crippen molar-refractivity contribution in [2.24, 2.45) is 5.92 Å². The largest absolute Gasteiger partial charge is 0.376 e. The molecule has 1 saturated heterocycles. The lowest BCUT2D eigenvalue weighted by molar-refractivity contribution is -0.000300. The van der Waals surface area contributed by atoms with Crippen molar-refractivity contribution in [1.82, 2.24) is 14.9 Å². The first-order chi connectivity index (χ1) is 10.5. The number of nitrogens with one attached hydrogen (secondary N) is 1. The van der Waals surface area contributed by atoms with Gasteiger partial charge in [0.05, 0.1) is 6.10 Å². The van der Waals surface area contributed by atoms with Crippen molar-refractivity contribution in [3.63, 3.8) is 0 Å². The number of aromatic nitrogens is 2. The van der Waals surface area contributed by atoms with Gasteiger partial charge in [-0.05, 0) is 37.7 Å². The van der Waals surface area contributed by atoms with Crippen LogP contribution in [-0.2, 0) is 11.2 Å². The van der Waals surface area contributed by atoms with Gasteiger partial charge >= 0.3 is 5.69 Å². The zero-order valence-corrected chi connectivity index (χ0v) is 13.6. The number of hydrogen-bond donors (Lipinski definition) is 1. The van der Waals surface area contributed by atoms with Crippen molar-refractivity contribution in [1.29, 1.82) is 0 Å². The Morgan fingerprint density at radius 2 is 2.27 bits per heavy atom. The molecule has 2 rings (SSSR count). The van der Waals surface area contributed by atoms with Crippen LogP contribution in [-0.4, -0.2) is 47.1 Å². The molecule has 1 aliphatic rings. The van der Waals surface area contributed by atoms with Crippen molar-refractivity contribution in [2.75, 3.05) is 20.2 Å². The maximum absolute atomic E-state index is 12.5. The summed E-state index contributed by atoms with van der Waals surface area (Å²) in [5.41, 5.74) is 0.488. The molecule has 6 nitrogen and oxygen atoms in total. The first kappa shape index (κ1) is 16.7. The van der Waals surface area contributed by atoms with E-state index >= 15 is 0 Å². The lowest BCUT2D eigenvalue weighted by Gasteiger charge is -2.27. The van der Waals surface area contributed by atoms with E-state index in [1.165, 1.54) is 0 Å². The first-order valence-electron chi connectivity index (χ1n) is 7.93. The molecule has 1 aromatic heterocycles. The second-order valence-corrected chi connectivity index (χ2v) is 6.37. The fraction of sp³-hybridized carbons (Fsp3) is 0.688. The van der Waals surface area contributed by atoms with E-state index in [-0.39, 0.29) is 17.7 Å². The van der Waals surface area contributed by atoms with E-state index in [0.717, 1.165) is 31.6 Å². The van der Waals surface area contributed by atoms with Gasteiger partial charge in [0.25, 0.3) is 5.91 Å². The van der Waals surface area contributed by atoms with E-state index < -0.39 is 5.69 Å². The Kier molecular flexibility index (Phi) is 5.71. The molecule has 0 saturated carbocycles. The van der Waals surface area contributed by atoms with Crippen LogP contribution in [0.3, 0.4) is 0 Å². The van der Waals surface area contributed by atoms with Gasteiger partial charge in [-0.3, -0.25) is 4.79 Å². The summed E-state index contributed by atoms with van der Waals surface area (Å²) in [5, 5.41) is 0. The quantitative estimate of drug-likeness (QED) is 0.896. The molecule has 1 aromatic rings. The van der Waals surface area contributed by atoms with Crippen LogP contribution >= 0.6 is 0 Å². The topological polar surface area (TPSA) is 75.3 Å². The molecule has 2 heterocycles. The number of nitrogens with zero attached hydrogens (tertiary/aromatic N) is 2. The summed E-state index contributed by atoms with van der Waals surface area (Å²) in [6.07, 6.45) is 3.99. The fourth-order valence-electron chi connectivity index (χ4n) is 2.70. The second-order valence-electron chi connectivity index (χ2n) is 6.37. The Labute approximate surface area is 130 Å². The summed E-state index contributed by atoms with van der Waals surface area (Å²) < 4.78 is 5.65. The maximum Gasteiger partial charge on any atom is 0.345 e. The van der Waals surface area contributed by atoms with Crippen molar-refractivity contribution in [3.8, 4) is 0 Å². The number of H-pyrrole nitrogens is 1. The van der Waals surface area contributed by atoms with Gasteiger partial charge < -0.3 is 14.6 Å². The Balaban J connectivity index is 2.07. The molecule has 0 bridgehead atoms. The van der Waals surface area contributed by atoms with Crippen LogP contribution in [0.2, 0.25) is 0 Å². The zero-order valence-electron chi connectivity index (χ0n) is 13.6. The van der Waals surface area contributed by atoms with Crippen LogP contribution in [0.4, 0.5) is 0 Å². The van der Waals surface area contributed by atoms with Gasteiger partial charge in [0.1, 0.15) is 5.69 Å². The monoisotopic (exact) mass is 307 g/mol. The molecule has 0 radical (unpaired) electrons. The molecule has 1 fully saturated rings. The molecule has 1 N–H and O–H groups in total. The van der Waals surface area contributed by atoms with Crippen molar-refractivity contribution < 1.29 is 9.53 Å². The molecule has 1 atom stereocenters. The van der Waals surface area contributed by atoms with E-state index in [4.69, 9.17) is 4.74 Å². The average molecular weight is 307 g/mol. The molecule has 1 aliphatic heterocycles. The highest BCUT2D eigenvalue weighted by Gasteiger charge is 2.21. The van der Waals surface area contributed by atoms with Crippen LogP contribution < -0.4 is 5.69 Å². The predicted octanol–water partition coefficient (Wildman–Crippen LogP) is 1.61. The van der Waals surface area contributed by atoms with Crippen LogP contribution in [0.15, 0.2) is 10.9 Å². The van der Waals surface area contributed by atoms with Crippen LogP contribution in [0.1, 0.15) is 49.3 Å². The van der Waals surface area contributed by atoms with Gasteiger partial charge in [-0.1, -0.05) is 13.8 Å². The maximum atomic E-state index is 12.5. The first-order valence-corrected chi connectivity index (χ1v) is 7.93. The molecule has 122 valence electrons. The number of rotatable bonds is 5. The minimum absolute atomic E-state index is 0.0832. The number of hydrogen-bond acceptors (Lipinski definition) is 4. The Hall–Kier alpha value is -1.69. The van der Waals surface area contributed by atoms with Gasteiger partial charge in [-0.25, -0.2) is 4.79 Å². The number of carbonyl (C=O) groups is 1. The van der Waals surface area contributed by atoms with E-state index in [0.29, 0.717) is 18.9 Å². The van der Waals surface area contributed by atoms with E-state index in [1.54, 1.807) is 18.0 Å². The highest BCUT2D eigenvalue weighted by atomic mass is 16.5. The third-order valence-electron chi connectivity index (χ3n) is 3.75. The highest BCUT2D eigenvalue weighted by Crippen LogP contribution is 2.14. The van der Waals surface area contributed by atoms with Gasteiger partial charge in [0, 0.05) is 25.9 Å². The predicted molar refractivity (Wildman–Crippen MR) is 84.0 cm³/mol. The van der Waals surface area contributed by atoms with Crippen LogP contribution in [0, 0.1) is 5.92 Å². The molecule has 1 amide bonds. The zero-order chi connectivity index (χ0) is 16.1. The van der Waals surface area contributed by atoms with Gasteiger partial charge in [-0.2, -0.15) is 4.98 Å². The lowest BCUT2D eigenvalue weighted by Crippen LogP contribution is -2.38. The van der Waals surface area contributed by atoms with Crippen LogP contribution in [0.5, 0.6) is 0 Å². The van der Waals surface area contributed by atoms with Gasteiger partial charge in [0.15, 0.2) is 0 Å². The third-order valence-corrected chi connectivity index (χ3v) is 3.75. The molecule has 6 heteroatoms. The molecule has 0 aliphatic carbocycles. The van der Waals surface area contributed by atoms with Crippen molar-refractivity contribution in [3.05, 3.63) is 27.9 Å². The fourth-order valence-corrected chi connectivity index (χ4v) is 2.70. The summed E-state index contributed by atoms with van der Waals surface area (Å²) >= 11 is 0. The summed E-state index contributed by atoms with van der Waals surface area (Å²) in [6, 6.07) is 1.68. The number of amides is 1. The van der Waals surface area contributed by atoms with Gasteiger partial charge in [-0.15, -0.1) is 0 Å². The molecule has 0 aromatic carbocycles. The van der Waals surface area contributed by atoms with Crippen molar-refractivity contribution in [2.45, 2.75) is 45.6 Å². The minimum Gasteiger partial charge on any atom is -0.376 e. The second kappa shape index (κ2) is 7.54. The van der Waals surface area contributed by atoms with E-state index in [2.05, 4.69) is 23.8 Å². The molecular formula is C16H25N3O3. The Bertz CT molecular complexity index is 562. The molecule has 22 heavy (non-hydrogen) atoms. The molecule has 1 unspecified atom stereocenters. The minimum atomic E-state index is -0.469. The number of likely N-dealkylation sites (N-methyl/N-ethyl adjacent to an activating group) is 1. The van der Waals surface area contributed by atoms with E-state index in [9.17, 15) is 9.59 Å². The van der Waals surface area contributed by atoms with E-state index in [1.807, 2.05) is 0 Å². The normalized spacial score (nSPS) is 18.5. The summed E-state index contributed by atoms with van der Waals surface area (Å²) in [4.78, 5) is 32.2. The number of aromatic amines is 1. The van der Waals surface area contributed by atoms with Crippen molar-refractivity contribution >= 4 is 5.91 Å². The molecular weight excluding hydrogens is 282 g/mol. The summed E-state index contributed by atoms with van der Waals surface area (Å²) in [5.74, 6) is 0.166. The summed E-state index contributed by atoms with van der Waals surface area (Å²) in [7, 11) is 1.73. The van der Waals surface area contributed by atoms with Crippen LogP contribution in [0.25, 0.3) is 0 Å². The average Bonchev–Trinajstić information content (AvgIpc) is 2.46. The number of ether oxygens (including phenoxy) is 1.